The van der Waals surface area contributed by atoms with E-state index in [1.165, 1.54) is 17.8 Å². The predicted molar refractivity (Wildman–Crippen MR) is 122 cm³/mol. The number of carbonyl (C=O) groups is 1. The average Bonchev–Trinajstić information content (AvgIpc) is 3.27. The second-order valence-corrected chi connectivity index (χ2v) is 10.8. The van der Waals surface area contributed by atoms with Crippen molar-refractivity contribution in [3.63, 3.8) is 0 Å². The fourth-order valence-corrected chi connectivity index (χ4v) is 6.54. The van der Waals surface area contributed by atoms with Crippen LogP contribution in [0.5, 0.6) is 17.2 Å². The van der Waals surface area contributed by atoms with E-state index in [-0.39, 0.29) is 11.3 Å². The molecular weight excluding hydrogens is 412 g/mol. The Labute approximate surface area is 188 Å². The molecule has 1 amide bonds. The molecular formula is C24H32N2O4S. The number of carbonyl (C=O) groups excluding carboxylic acids is 1. The molecule has 2 bridgehead atoms. The van der Waals surface area contributed by atoms with Gasteiger partial charge in [0.15, 0.2) is 11.5 Å². The molecule has 2 heterocycles. The minimum absolute atomic E-state index is 0.188. The predicted octanol–water partition coefficient (Wildman–Crippen LogP) is 4.81. The van der Waals surface area contributed by atoms with E-state index >= 15 is 0 Å². The minimum atomic E-state index is 0.188. The third kappa shape index (κ3) is 4.25. The number of fused-ring (bicyclic) bond motifs is 2. The van der Waals surface area contributed by atoms with Crippen LogP contribution in [0.3, 0.4) is 0 Å². The lowest BCUT2D eigenvalue weighted by Gasteiger charge is -2.39. The van der Waals surface area contributed by atoms with Crippen LogP contribution in [-0.4, -0.2) is 49.7 Å². The van der Waals surface area contributed by atoms with E-state index in [9.17, 15) is 4.79 Å². The summed E-state index contributed by atoms with van der Waals surface area (Å²) in [5.41, 5.74) is 2.23. The molecule has 31 heavy (non-hydrogen) atoms. The first-order chi connectivity index (χ1) is 14.7. The van der Waals surface area contributed by atoms with Crippen molar-refractivity contribution in [2.45, 2.75) is 52.5 Å². The van der Waals surface area contributed by atoms with Crippen molar-refractivity contribution in [3.8, 4) is 27.8 Å². The summed E-state index contributed by atoms with van der Waals surface area (Å²) < 4.78 is 16.3. The van der Waals surface area contributed by atoms with Gasteiger partial charge < -0.3 is 19.1 Å². The summed E-state index contributed by atoms with van der Waals surface area (Å²) in [6.07, 6.45) is 3.73. The largest absolute Gasteiger partial charge is 0.493 e. The van der Waals surface area contributed by atoms with Gasteiger partial charge in [0.05, 0.1) is 33.4 Å². The summed E-state index contributed by atoms with van der Waals surface area (Å²) >= 11 is 1.52. The molecule has 6 nitrogen and oxygen atoms in total. The van der Waals surface area contributed by atoms with E-state index in [0.717, 1.165) is 35.7 Å². The number of rotatable bonds is 6. The van der Waals surface area contributed by atoms with E-state index in [2.05, 4.69) is 25.7 Å². The molecule has 0 N–H and O–H groups in total. The Kier molecular flexibility index (Phi) is 5.66. The monoisotopic (exact) mass is 444 g/mol. The number of hydrogen-bond acceptors (Lipinski definition) is 6. The number of hydrogen-bond donors (Lipinski definition) is 0. The van der Waals surface area contributed by atoms with E-state index in [4.69, 9.17) is 19.2 Å². The molecule has 1 saturated heterocycles. The fraction of sp³-hybridized carbons (Fsp3) is 0.583. The molecule has 1 aromatic heterocycles. The van der Waals surface area contributed by atoms with Gasteiger partial charge in [0.1, 0.15) is 5.01 Å². The van der Waals surface area contributed by atoms with Crippen LogP contribution in [-0.2, 0) is 11.2 Å². The van der Waals surface area contributed by atoms with Crippen LogP contribution in [0, 0.1) is 10.8 Å². The lowest BCUT2D eigenvalue weighted by atomic mass is 9.65. The first-order valence-corrected chi connectivity index (χ1v) is 11.6. The highest BCUT2D eigenvalue weighted by Gasteiger charge is 2.50. The molecule has 2 atom stereocenters. The lowest BCUT2D eigenvalue weighted by Crippen LogP contribution is -2.38. The molecule has 2 aliphatic rings. The van der Waals surface area contributed by atoms with Crippen molar-refractivity contribution in [3.05, 3.63) is 23.2 Å². The quantitative estimate of drug-likeness (QED) is 0.640. The van der Waals surface area contributed by atoms with Crippen LogP contribution >= 0.6 is 11.3 Å². The van der Waals surface area contributed by atoms with Crippen molar-refractivity contribution >= 4 is 17.2 Å². The SMILES string of the molecule is COc1cc(-c2nc(CC(=O)N3C[C@@]4(C)C[C@@H]3CC(C)(C)C4)cs2)cc(OC)c1OC. The van der Waals surface area contributed by atoms with Gasteiger partial charge in [-0.15, -0.1) is 11.3 Å². The number of benzene rings is 1. The number of aromatic nitrogens is 1. The Hall–Kier alpha value is -2.28. The minimum Gasteiger partial charge on any atom is -0.493 e. The summed E-state index contributed by atoms with van der Waals surface area (Å²) in [7, 11) is 4.78. The summed E-state index contributed by atoms with van der Waals surface area (Å²) in [5.74, 6) is 1.92. The van der Waals surface area contributed by atoms with Crippen molar-refractivity contribution < 1.29 is 19.0 Å². The third-order valence-corrected chi connectivity index (χ3v) is 7.47. The van der Waals surface area contributed by atoms with Gasteiger partial charge in [0.25, 0.3) is 0 Å². The number of likely N-dealkylation sites (tertiary alicyclic amines) is 1. The summed E-state index contributed by atoms with van der Waals surface area (Å²) in [5, 5.41) is 2.81. The molecule has 4 rings (SSSR count). The van der Waals surface area contributed by atoms with Gasteiger partial charge in [-0.05, 0) is 42.2 Å². The fourth-order valence-electron chi connectivity index (χ4n) is 5.73. The molecule has 0 radical (unpaired) electrons. The first-order valence-electron chi connectivity index (χ1n) is 10.7. The Balaban J connectivity index is 1.52. The Morgan fingerprint density at radius 3 is 2.42 bits per heavy atom. The van der Waals surface area contributed by atoms with Crippen LogP contribution in [0.4, 0.5) is 0 Å². The van der Waals surface area contributed by atoms with Gasteiger partial charge >= 0.3 is 0 Å². The van der Waals surface area contributed by atoms with Crippen LogP contribution in [0.25, 0.3) is 10.6 Å². The summed E-state index contributed by atoms with van der Waals surface area (Å²) in [6, 6.07) is 4.13. The van der Waals surface area contributed by atoms with Gasteiger partial charge in [0.2, 0.25) is 11.7 Å². The zero-order chi connectivity index (χ0) is 22.4. The molecule has 7 heteroatoms. The highest BCUT2D eigenvalue weighted by atomic mass is 32.1. The zero-order valence-electron chi connectivity index (χ0n) is 19.3. The topological polar surface area (TPSA) is 60.9 Å². The molecule has 168 valence electrons. The van der Waals surface area contributed by atoms with Gasteiger partial charge in [-0.25, -0.2) is 4.98 Å². The molecule has 0 unspecified atom stereocenters. The van der Waals surface area contributed by atoms with Crippen LogP contribution in [0.15, 0.2) is 17.5 Å². The zero-order valence-corrected chi connectivity index (χ0v) is 20.1. The summed E-state index contributed by atoms with van der Waals surface area (Å²) in [6.45, 7) is 7.86. The van der Waals surface area contributed by atoms with Crippen LogP contribution in [0.2, 0.25) is 0 Å². The maximum absolute atomic E-state index is 13.2. The molecule has 1 aromatic carbocycles. The smallest absolute Gasteiger partial charge is 0.228 e. The number of ether oxygens (including phenoxy) is 3. The molecule has 1 saturated carbocycles. The van der Waals surface area contributed by atoms with Crippen molar-refractivity contribution in [1.29, 1.82) is 0 Å². The van der Waals surface area contributed by atoms with Gasteiger partial charge in [-0.1, -0.05) is 20.8 Å². The second-order valence-electron chi connectivity index (χ2n) is 9.97. The van der Waals surface area contributed by atoms with Crippen LogP contribution in [0.1, 0.15) is 45.7 Å². The van der Waals surface area contributed by atoms with E-state index in [0.29, 0.717) is 35.1 Å². The summed E-state index contributed by atoms with van der Waals surface area (Å²) in [4.78, 5) is 20.0. The van der Waals surface area contributed by atoms with Crippen molar-refractivity contribution in [1.82, 2.24) is 9.88 Å². The third-order valence-electron chi connectivity index (χ3n) is 6.53. The number of methoxy groups -OCH3 is 3. The van der Waals surface area contributed by atoms with Crippen LogP contribution < -0.4 is 14.2 Å². The highest BCUT2D eigenvalue weighted by molar-refractivity contribution is 7.13. The van der Waals surface area contributed by atoms with Gasteiger partial charge in [-0.2, -0.15) is 0 Å². The molecule has 0 spiro atoms. The normalized spacial score (nSPS) is 24.2. The molecule has 1 aliphatic heterocycles. The number of amides is 1. The standard InChI is InChI=1S/C24H32N2O4S/c1-23(2)10-17-11-24(3,13-23)14-26(17)20(27)9-16-12-31-22(25-16)15-7-18(28-4)21(30-6)19(8-15)29-5/h7-8,12,17H,9-11,13-14H2,1-6H3/t17-,24-/m0/s1. The first kappa shape index (κ1) is 21.9. The second kappa shape index (κ2) is 8.01. The van der Waals surface area contributed by atoms with E-state index in [1.807, 2.05) is 17.5 Å². The molecule has 2 fully saturated rings. The Bertz CT molecular complexity index is 961. The number of nitrogens with zero attached hydrogens (tertiary/aromatic N) is 2. The Morgan fingerprint density at radius 2 is 1.81 bits per heavy atom. The maximum atomic E-state index is 13.2. The van der Waals surface area contributed by atoms with E-state index in [1.54, 1.807) is 21.3 Å². The van der Waals surface area contributed by atoms with Crippen molar-refractivity contribution in [2.24, 2.45) is 10.8 Å². The van der Waals surface area contributed by atoms with E-state index < -0.39 is 0 Å². The van der Waals surface area contributed by atoms with Gasteiger partial charge in [-0.3, -0.25) is 4.79 Å². The van der Waals surface area contributed by atoms with Crippen molar-refractivity contribution in [2.75, 3.05) is 27.9 Å². The maximum Gasteiger partial charge on any atom is 0.228 e. The van der Waals surface area contributed by atoms with Gasteiger partial charge in [0, 0.05) is 23.5 Å². The molecule has 1 aliphatic carbocycles. The lowest BCUT2D eigenvalue weighted by molar-refractivity contribution is -0.131. The number of thiazole rings is 1. The Morgan fingerprint density at radius 1 is 1.13 bits per heavy atom. The average molecular weight is 445 g/mol. The molecule has 2 aromatic rings. The highest BCUT2D eigenvalue weighted by Crippen LogP contribution is 2.52.